The monoisotopic (exact) mass is 350 g/mol. The van der Waals surface area contributed by atoms with Crippen LogP contribution in [0.4, 0.5) is 0 Å². The predicted molar refractivity (Wildman–Crippen MR) is 93.1 cm³/mol. The minimum absolute atomic E-state index is 0.0941. The van der Waals surface area contributed by atoms with E-state index in [0.29, 0.717) is 31.1 Å². The van der Waals surface area contributed by atoms with Crippen LogP contribution in [-0.2, 0) is 16.0 Å². The zero-order chi connectivity index (χ0) is 18.4. The molecular weight excluding hydrogens is 324 g/mol. The molecule has 1 aliphatic rings. The van der Waals surface area contributed by atoms with Crippen LogP contribution in [0.2, 0.25) is 0 Å². The van der Waals surface area contributed by atoms with Crippen LogP contribution in [0.15, 0.2) is 18.2 Å². The highest BCUT2D eigenvalue weighted by molar-refractivity contribution is 5.86. The molecule has 1 fully saturated rings. The van der Waals surface area contributed by atoms with Crippen LogP contribution in [0, 0.1) is 5.92 Å². The van der Waals surface area contributed by atoms with Gasteiger partial charge in [0.25, 0.3) is 0 Å². The number of carbonyl (C=O) groups is 2. The van der Waals surface area contributed by atoms with Gasteiger partial charge in [0.1, 0.15) is 6.61 Å². The summed E-state index contributed by atoms with van der Waals surface area (Å²) in [6.07, 6.45) is 0.739. The number of likely N-dealkylation sites (N-methyl/N-ethyl adjacent to an activating group) is 1. The Morgan fingerprint density at radius 3 is 2.72 bits per heavy atom. The maximum Gasteiger partial charge on any atom is 0.308 e. The summed E-state index contributed by atoms with van der Waals surface area (Å²) in [5.74, 6) is -0.239. The number of carbonyl (C=O) groups excluding carboxylic acids is 1. The topological polar surface area (TPSA) is 79.3 Å². The maximum absolute atomic E-state index is 11.9. The number of carboxylic acid groups (broad SMARTS) is 1. The SMILES string of the molecule is COc1ccc(CCN2CC(C(=O)O)CC2=O)cc1OCCN(C)C. The Labute approximate surface area is 148 Å². The van der Waals surface area contributed by atoms with Gasteiger partial charge in [0.15, 0.2) is 11.5 Å². The van der Waals surface area contributed by atoms with Crippen molar-refractivity contribution < 1.29 is 24.2 Å². The second kappa shape index (κ2) is 8.71. The summed E-state index contributed by atoms with van der Waals surface area (Å²) >= 11 is 0. The first kappa shape index (κ1) is 19.1. The number of amides is 1. The number of nitrogens with zero attached hydrogens (tertiary/aromatic N) is 2. The average Bonchev–Trinajstić information content (AvgIpc) is 2.94. The van der Waals surface area contributed by atoms with Crippen molar-refractivity contribution in [1.29, 1.82) is 0 Å². The number of hydrogen-bond acceptors (Lipinski definition) is 5. The number of carboxylic acids is 1. The van der Waals surface area contributed by atoms with Gasteiger partial charge in [0, 0.05) is 26.1 Å². The van der Waals surface area contributed by atoms with Gasteiger partial charge < -0.3 is 24.4 Å². The van der Waals surface area contributed by atoms with Gasteiger partial charge in [-0.2, -0.15) is 0 Å². The van der Waals surface area contributed by atoms with E-state index in [9.17, 15) is 9.59 Å². The van der Waals surface area contributed by atoms with E-state index in [1.165, 1.54) is 0 Å². The molecule has 0 saturated carbocycles. The third-order valence-corrected chi connectivity index (χ3v) is 4.26. The molecule has 0 bridgehead atoms. The molecule has 0 aromatic heterocycles. The first-order valence-corrected chi connectivity index (χ1v) is 8.35. The minimum Gasteiger partial charge on any atom is -0.493 e. The molecule has 1 N–H and O–H groups in total. The Morgan fingerprint density at radius 1 is 1.36 bits per heavy atom. The molecule has 1 unspecified atom stereocenters. The first-order valence-electron chi connectivity index (χ1n) is 8.35. The van der Waals surface area contributed by atoms with Crippen molar-refractivity contribution in [2.45, 2.75) is 12.8 Å². The van der Waals surface area contributed by atoms with Gasteiger partial charge in [-0.3, -0.25) is 9.59 Å². The van der Waals surface area contributed by atoms with Crippen LogP contribution in [0.25, 0.3) is 0 Å². The van der Waals surface area contributed by atoms with Crippen LogP contribution in [0.5, 0.6) is 11.5 Å². The second-order valence-electron chi connectivity index (χ2n) is 6.47. The molecule has 138 valence electrons. The smallest absolute Gasteiger partial charge is 0.308 e. The van der Waals surface area contributed by atoms with Gasteiger partial charge in [0.05, 0.1) is 13.0 Å². The van der Waals surface area contributed by atoms with E-state index in [0.717, 1.165) is 12.1 Å². The molecule has 7 heteroatoms. The molecule has 1 atom stereocenters. The highest BCUT2D eigenvalue weighted by atomic mass is 16.5. The van der Waals surface area contributed by atoms with E-state index in [4.69, 9.17) is 14.6 Å². The van der Waals surface area contributed by atoms with Gasteiger partial charge in [-0.1, -0.05) is 6.07 Å². The minimum atomic E-state index is -0.906. The summed E-state index contributed by atoms with van der Waals surface area (Å²) in [6, 6.07) is 5.71. The van der Waals surface area contributed by atoms with Gasteiger partial charge >= 0.3 is 5.97 Å². The molecule has 1 heterocycles. The Balaban J connectivity index is 1.95. The van der Waals surface area contributed by atoms with Crippen LogP contribution in [-0.4, -0.2) is 74.2 Å². The third-order valence-electron chi connectivity index (χ3n) is 4.26. The summed E-state index contributed by atoms with van der Waals surface area (Å²) in [5, 5.41) is 9.04. The first-order chi connectivity index (χ1) is 11.9. The van der Waals surface area contributed by atoms with Crippen molar-refractivity contribution in [1.82, 2.24) is 9.80 Å². The number of benzene rings is 1. The maximum atomic E-state index is 11.9. The van der Waals surface area contributed by atoms with Crippen molar-refractivity contribution in [3.63, 3.8) is 0 Å². The van der Waals surface area contributed by atoms with Crippen LogP contribution >= 0.6 is 0 Å². The molecule has 0 spiro atoms. The summed E-state index contributed by atoms with van der Waals surface area (Å²) < 4.78 is 11.1. The van der Waals surface area contributed by atoms with Crippen molar-refractivity contribution in [2.24, 2.45) is 5.92 Å². The van der Waals surface area contributed by atoms with Crippen molar-refractivity contribution in [3.8, 4) is 11.5 Å². The van der Waals surface area contributed by atoms with Crippen LogP contribution < -0.4 is 9.47 Å². The summed E-state index contributed by atoms with van der Waals surface area (Å²) in [4.78, 5) is 26.6. The Hall–Kier alpha value is -2.28. The molecule has 1 aliphatic heterocycles. The number of aliphatic carboxylic acids is 1. The highest BCUT2D eigenvalue weighted by Gasteiger charge is 2.33. The molecule has 1 aromatic carbocycles. The number of ether oxygens (including phenoxy) is 2. The van der Waals surface area contributed by atoms with E-state index in [1.807, 2.05) is 37.2 Å². The Kier molecular flexibility index (Phi) is 6.64. The highest BCUT2D eigenvalue weighted by Crippen LogP contribution is 2.28. The van der Waals surface area contributed by atoms with E-state index >= 15 is 0 Å². The Bertz CT molecular complexity index is 617. The van der Waals surface area contributed by atoms with E-state index < -0.39 is 11.9 Å². The normalized spacial score (nSPS) is 17.2. The van der Waals surface area contributed by atoms with Crippen molar-refractivity contribution in [2.75, 3.05) is 47.4 Å². The van der Waals surface area contributed by atoms with Crippen molar-refractivity contribution in [3.05, 3.63) is 23.8 Å². The number of rotatable bonds is 9. The molecule has 0 radical (unpaired) electrons. The number of methoxy groups -OCH3 is 1. The van der Waals surface area contributed by atoms with E-state index in [2.05, 4.69) is 0 Å². The van der Waals surface area contributed by atoms with Gasteiger partial charge in [-0.05, 0) is 38.2 Å². The fraction of sp³-hybridized carbons (Fsp3) is 0.556. The van der Waals surface area contributed by atoms with Crippen LogP contribution in [0.3, 0.4) is 0 Å². The molecule has 1 saturated heterocycles. The lowest BCUT2D eigenvalue weighted by Gasteiger charge is -2.17. The molecule has 25 heavy (non-hydrogen) atoms. The summed E-state index contributed by atoms with van der Waals surface area (Å²) in [7, 11) is 5.56. The Morgan fingerprint density at radius 2 is 2.12 bits per heavy atom. The number of hydrogen-bond donors (Lipinski definition) is 1. The van der Waals surface area contributed by atoms with E-state index in [1.54, 1.807) is 12.0 Å². The van der Waals surface area contributed by atoms with Crippen molar-refractivity contribution >= 4 is 11.9 Å². The fourth-order valence-corrected chi connectivity index (χ4v) is 2.75. The fourth-order valence-electron chi connectivity index (χ4n) is 2.75. The van der Waals surface area contributed by atoms with Gasteiger partial charge in [0.2, 0.25) is 5.91 Å². The average molecular weight is 350 g/mol. The largest absolute Gasteiger partial charge is 0.493 e. The molecular formula is C18H26N2O5. The third kappa shape index (κ3) is 5.35. The molecule has 1 aromatic rings. The molecule has 7 nitrogen and oxygen atoms in total. The standard InChI is InChI=1S/C18H26N2O5/c1-19(2)8-9-25-16-10-13(4-5-15(16)24-3)6-7-20-12-14(18(22)23)11-17(20)21/h4-5,10,14H,6-9,11-12H2,1-3H3,(H,22,23). The summed E-state index contributed by atoms with van der Waals surface area (Å²) in [6.45, 7) is 2.15. The second-order valence-corrected chi connectivity index (χ2v) is 6.47. The molecule has 1 amide bonds. The zero-order valence-corrected chi connectivity index (χ0v) is 15.0. The molecule has 0 aliphatic carbocycles. The molecule has 2 rings (SSSR count). The van der Waals surface area contributed by atoms with Gasteiger partial charge in [-0.25, -0.2) is 0 Å². The predicted octanol–water partition coefficient (Wildman–Crippen LogP) is 1.11. The lowest BCUT2D eigenvalue weighted by Crippen LogP contribution is -2.28. The number of likely N-dealkylation sites (tertiary alicyclic amines) is 1. The lowest BCUT2D eigenvalue weighted by molar-refractivity contribution is -0.141. The van der Waals surface area contributed by atoms with Crippen LogP contribution in [0.1, 0.15) is 12.0 Å². The lowest BCUT2D eigenvalue weighted by atomic mass is 10.1. The summed E-state index contributed by atoms with van der Waals surface area (Å²) in [5.41, 5.74) is 1.02. The van der Waals surface area contributed by atoms with E-state index in [-0.39, 0.29) is 18.9 Å². The zero-order valence-electron chi connectivity index (χ0n) is 15.0. The van der Waals surface area contributed by atoms with Gasteiger partial charge in [-0.15, -0.1) is 0 Å². The quantitative estimate of drug-likeness (QED) is 0.719.